The maximum absolute atomic E-state index is 10.4. The maximum atomic E-state index is 10.4. The summed E-state index contributed by atoms with van der Waals surface area (Å²) in [5.74, 6) is 0.394. The zero-order chi connectivity index (χ0) is 11.4. The average molecular weight is 237 g/mol. The summed E-state index contributed by atoms with van der Waals surface area (Å²) in [5, 5.41) is 0.167. The van der Waals surface area contributed by atoms with Crippen LogP contribution in [0.5, 0.6) is 0 Å². The summed E-state index contributed by atoms with van der Waals surface area (Å²) in [5.41, 5.74) is 0. The Morgan fingerprint density at radius 1 is 1.43 bits per heavy atom. The molecule has 84 valence electrons. The molecule has 0 radical (unpaired) electrons. The van der Waals surface area contributed by atoms with Gasteiger partial charge in [-0.3, -0.25) is 0 Å². The lowest BCUT2D eigenvalue weighted by molar-refractivity contribution is -0.109. The molecule has 0 fully saturated rings. The van der Waals surface area contributed by atoms with Gasteiger partial charge in [0.1, 0.15) is 6.29 Å². The molecule has 0 spiro atoms. The molecule has 0 aliphatic heterocycles. The lowest BCUT2D eigenvalue weighted by atomic mass is 10.2. The van der Waals surface area contributed by atoms with Crippen LogP contribution in [0.15, 0.2) is 0 Å². The normalized spacial score (nSPS) is 15.3. The van der Waals surface area contributed by atoms with Crippen LogP contribution in [0.4, 0.5) is 0 Å². The number of hydrogen-bond acceptors (Lipinski definition) is 2. The summed E-state index contributed by atoms with van der Waals surface area (Å²) < 4.78 is 5.97. The summed E-state index contributed by atoms with van der Waals surface area (Å²) >= 11 is 5.74. The molecule has 0 saturated carbocycles. The number of alkyl halides is 1. The van der Waals surface area contributed by atoms with Crippen molar-refractivity contribution in [3.8, 4) is 0 Å². The van der Waals surface area contributed by atoms with Crippen LogP contribution in [-0.2, 0) is 9.22 Å². The zero-order valence-corrected chi connectivity index (χ0v) is 11.5. The number of hydrogen-bond donors (Lipinski definition) is 0. The third-order valence-electron chi connectivity index (χ3n) is 2.80. The first kappa shape index (κ1) is 14.1. The van der Waals surface area contributed by atoms with E-state index in [4.69, 9.17) is 16.0 Å². The molecular weight excluding hydrogens is 216 g/mol. The molecule has 0 aliphatic rings. The van der Waals surface area contributed by atoms with E-state index in [1.165, 1.54) is 0 Å². The number of carbonyl (C=O) groups excluding carboxylic acids is 1. The van der Waals surface area contributed by atoms with E-state index in [0.29, 0.717) is 12.3 Å². The smallest absolute Gasteiger partial charge is 0.192 e. The first-order chi connectivity index (χ1) is 6.24. The van der Waals surface area contributed by atoms with Crippen molar-refractivity contribution in [3.63, 3.8) is 0 Å². The summed E-state index contributed by atoms with van der Waals surface area (Å²) in [7, 11) is -1.77. The van der Waals surface area contributed by atoms with E-state index in [9.17, 15) is 4.79 Å². The van der Waals surface area contributed by atoms with Gasteiger partial charge in [0, 0.05) is 12.3 Å². The fraction of sp³-hybridized carbons (Fsp3) is 0.900. The lowest BCUT2D eigenvalue weighted by Gasteiger charge is -2.38. The fourth-order valence-corrected chi connectivity index (χ4v) is 2.50. The van der Waals surface area contributed by atoms with Crippen LogP contribution >= 0.6 is 11.6 Å². The second-order valence-corrected chi connectivity index (χ2v) is 10.1. The maximum Gasteiger partial charge on any atom is 0.192 e. The summed E-state index contributed by atoms with van der Waals surface area (Å²) in [6.45, 7) is 10.8. The van der Waals surface area contributed by atoms with Crippen molar-refractivity contribution >= 4 is 26.2 Å². The van der Waals surface area contributed by atoms with Gasteiger partial charge in [-0.1, -0.05) is 20.8 Å². The Kier molecular flexibility index (Phi) is 5.34. The first-order valence-electron chi connectivity index (χ1n) is 4.92. The van der Waals surface area contributed by atoms with Crippen LogP contribution in [0.25, 0.3) is 0 Å². The van der Waals surface area contributed by atoms with E-state index in [0.717, 1.165) is 6.29 Å². The van der Waals surface area contributed by atoms with Crippen molar-refractivity contribution in [1.29, 1.82) is 0 Å². The lowest BCUT2D eigenvalue weighted by Crippen LogP contribution is -2.44. The molecule has 4 heteroatoms. The standard InChI is InChI=1S/C10H21ClO2Si/c1-10(2,3)14(4,5)13-9(8-11)6-7-12/h7,9H,6,8H2,1-5H3/t9-/m1/s1. The molecule has 0 bridgehead atoms. The highest BCUT2D eigenvalue weighted by Gasteiger charge is 2.38. The first-order valence-corrected chi connectivity index (χ1v) is 8.36. The number of aldehydes is 1. The Morgan fingerprint density at radius 2 is 1.93 bits per heavy atom. The summed E-state index contributed by atoms with van der Waals surface area (Å²) in [6.07, 6.45) is 1.16. The fourth-order valence-electron chi connectivity index (χ4n) is 0.843. The molecule has 0 saturated heterocycles. The molecule has 0 aromatic carbocycles. The molecule has 0 N–H and O–H groups in total. The van der Waals surface area contributed by atoms with Gasteiger partial charge in [0.15, 0.2) is 8.32 Å². The van der Waals surface area contributed by atoms with Crippen molar-refractivity contribution in [2.45, 2.75) is 51.4 Å². The summed E-state index contributed by atoms with van der Waals surface area (Å²) in [6, 6.07) is 0. The molecule has 0 rings (SSSR count). The average Bonchev–Trinajstić information content (AvgIpc) is 2.01. The van der Waals surface area contributed by atoms with Crippen molar-refractivity contribution < 1.29 is 9.22 Å². The van der Waals surface area contributed by atoms with Crippen molar-refractivity contribution in [3.05, 3.63) is 0 Å². The predicted octanol–water partition coefficient (Wildman–Crippen LogP) is 3.20. The molecule has 14 heavy (non-hydrogen) atoms. The quantitative estimate of drug-likeness (QED) is 0.416. The van der Waals surface area contributed by atoms with Gasteiger partial charge >= 0.3 is 0 Å². The topological polar surface area (TPSA) is 26.3 Å². The highest BCUT2D eigenvalue weighted by molar-refractivity contribution is 6.74. The minimum Gasteiger partial charge on any atom is -0.412 e. The van der Waals surface area contributed by atoms with Gasteiger partial charge in [-0.25, -0.2) is 0 Å². The third kappa shape index (κ3) is 4.11. The monoisotopic (exact) mass is 236 g/mol. The van der Waals surface area contributed by atoms with Crippen LogP contribution < -0.4 is 0 Å². The van der Waals surface area contributed by atoms with Gasteiger partial charge in [0.2, 0.25) is 0 Å². The molecule has 0 aromatic rings. The minimum absolute atomic E-state index is 0.116. The highest BCUT2D eigenvalue weighted by atomic mass is 35.5. The molecular formula is C10H21ClO2Si. The molecule has 0 unspecified atom stereocenters. The van der Waals surface area contributed by atoms with Crippen molar-refractivity contribution in [2.24, 2.45) is 0 Å². The van der Waals surface area contributed by atoms with Gasteiger partial charge in [-0.05, 0) is 18.1 Å². The second kappa shape index (κ2) is 5.28. The van der Waals surface area contributed by atoms with Gasteiger partial charge in [0.05, 0.1) is 6.10 Å². The van der Waals surface area contributed by atoms with Crippen molar-refractivity contribution in [1.82, 2.24) is 0 Å². The van der Waals surface area contributed by atoms with Crippen LogP contribution in [0.3, 0.4) is 0 Å². The largest absolute Gasteiger partial charge is 0.412 e. The van der Waals surface area contributed by atoms with Gasteiger partial charge in [0.25, 0.3) is 0 Å². The van der Waals surface area contributed by atoms with E-state index in [2.05, 4.69) is 33.9 Å². The van der Waals surface area contributed by atoms with Gasteiger partial charge < -0.3 is 9.22 Å². The van der Waals surface area contributed by atoms with Crippen molar-refractivity contribution in [2.75, 3.05) is 5.88 Å². The van der Waals surface area contributed by atoms with E-state index >= 15 is 0 Å². The molecule has 1 atom stereocenters. The predicted molar refractivity (Wildman–Crippen MR) is 63.5 cm³/mol. The van der Waals surface area contributed by atoms with Crippen LogP contribution in [-0.4, -0.2) is 26.6 Å². The Morgan fingerprint density at radius 3 is 2.21 bits per heavy atom. The van der Waals surface area contributed by atoms with Crippen LogP contribution in [0.2, 0.25) is 18.1 Å². The Balaban J connectivity index is 4.39. The van der Waals surface area contributed by atoms with Gasteiger partial charge in [-0.2, -0.15) is 0 Å². The van der Waals surface area contributed by atoms with E-state index in [-0.39, 0.29) is 11.1 Å². The third-order valence-corrected chi connectivity index (χ3v) is 7.68. The molecule has 0 amide bonds. The number of rotatable bonds is 5. The van der Waals surface area contributed by atoms with Crippen LogP contribution in [0, 0.1) is 0 Å². The molecule has 0 aromatic heterocycles. The number of carbonyl (C=O) groups is 1. The van der Waals surface area contributed by atoms with E-state index in [1.54, 1.807) is 0 Å². The second-order valence-electron chi connectivity index (χ2n) is 5.06. The molecule has 0 aliphatic carbocycles. The van der Waals surface area contributed by atoms with Gasteiger partial charge in [-0.15, -0.1) is 11.6 Å². The Labute approximate surface area is 93.1 Å². The SMILES string of the molecule is CC(C)(C)[Si](C)(C)O[C@@H](CCl)CC=O. The molecule has 0 heterocycles. The zero-order valence-electron chi connectivity index (χ0n) is 9.76. The molecule has 2 nitrogen and oxygen atoms in total. The Hall–Kier alpha value is 0.137. The number of halogens is 1. The minimum atomic E-state index is -1.77. The van der Waals surface area contributed by atoms with E-state index in [1.807, 2.05) is 0 Å². The Bertz CT molecular complexity index is 187. The highest BCUT2D eigenvalue weighted by Crippen LogP contribution is 2.37. The van der Waals surface area contributed by atoms with Crippen LogP contribution in [0.1, 0.15) is 27.2 Å². The summed E-state index contributed by atoms with van der Waals surface area (Å²) in [4.78, 5) is 10.4. The van der Waals surface area contributed by atoms with E-state index < -0.39 is 8.32 Å².